The normalized spacial score (nSPS) is 13.5. The Labute approximate surface area is 119 Å². The summed E-state index contributed by atoms with van der Waals surface area (Å²) >= 11 is 0. The Morgan fingerprint density at radius 2 is 2.20 bits per heavy atom. The molecule has 0 saturated carbocycles. The van der Waals surface area contributed by atoms with Crippen molar-refractivity contribution < 1.29 is 13.9 Å². The van der Waals surface area contributed by atoms with E-state index in [1.165, 1.54) is 18.2 Å². The van der Waals surface area contributed by atoms with Gasteiger partial charge in [-0.25, -0.2) is 0 Å². The van der Waals surface area contributed by atoms with E-state index in [4.69, 9.17) is 5.73 Å². The van der Waals surface area contributed by atoms with Crippen molar-refractivity contribution in [2.75, 3.05) is 18.5 Å². The zero-order valence-corrected chi connectivity index (χ0v) is 12.1. The number of anilines is 1. The average Bonchev–Trinajstić information content (AvgIpc) is 2.37. The third kappa shape index (κ3) is 4.30. The van der Waals surface area contributed by atoms with E-state index >= 15 is 0 Å². The molecule has 7 nitrogen and oxygen atoms in total. The van der Waals surface area contributed by atoms with Crippen molar-refractivity contribution in [1.29, 1.82) is 0 Å². The fourth-order valence-electron chi connectivity index (χ4n) is 1.52. The third-order valence-electron chi connectivity index (χ3n) is 2.89. The number of nitrogens with one attached hydrogen (secondary N) is 1. The summed E-state index contributed by atoms with van der Waals surface area (Å²) in [5.41, 5.74) is 5.50. The maximum atomic E-state index is 11.8. The maximum Gasteiger partial charge on any atom is 0.292 e. The number of amides is 1. The number of hydrogen-bond acceptors (Lipinski definition) is 5. The molecule has 0 aliphatic rings. The molecule has 2 unspecified atom stereocenters. The second-order valence-corrected chi connectivity index (χ2v) is 6.19. The van der Waals surface area contributed by atoms with Crippen LogP contribution < -0.4 is 11.1 Å². The quantitative estimate of drug-likeness (QED) is 0.463. The molecule has 1 aromatic rings. The van der Waals surface area contributed by atoms with Crippen LogP contribution in [0, 0.1) is 10.1 Å². The highest BCUT2D eigenvalue weighted by atomic mass is 32.2. The first kappa shape index (κ1) is 16.1. The van der Waals surface area contributed by atoms with Gasteiger partial charge >= 0.3 is 0 Å². The van der Waals surface area contributed by atoms with E-state index in [0.29, 0.717) is 13.0 Å². The Hall–Kier alpha value is -1.96. The standard InChI is InChI=1S/C12H17N3O4S/c1-8(20(2)19)5-6-14-12(16)9-3-4-11(15(17)18)10(13)7-9/h3-4,7-8H,5-6,13H2,1-2H3,(H,14,16). The van der Waals surface area contributed by atoms with Crippen LogP contribution in [0.2, 0.25) is 0 Å². The number of nitro groups is 1. The number of nitro benzene ring substituents is 1. The van der Waals surface area contributed by atoms with E-state index in [1.807, 2.05) is 6.92 Å². The third-order valence-corrected chi connectivity index (χ3v) is 4.26. The van der Waals surface area contributed by atoms with Crippen molar-refractivity contribution in [3.8, 4) is 0 Å². The first-order chi connectivity index (χ1) is 9.32. The number of hydrogen-bond donors (Lipinski definition) is 2. The minimum atomic E-state index is -0.928. The molecule has 0 aromatic heterocycles. The molecule has 8 heteroatoms. The minimum Gasteiger partial charge on any atom is -0.393 e. The van der Waals surface area contributed by atoms with Gasteiger partial charge in [0.15, 0.2) is 0 Å². The molecule has 0 aliphatic carbocycles. The van der Waals surface area contributed by atoms with E-state index < -0.39 is 15.7 Å². The Balaban J connectivity index is 2.62. The van der Waals surface area contributed by atoms with Gasteiger partial charge < -0.3 is 11.1 Å². The lowest BCUT2D eigenvalue weighted by Crippen LogP contribution is -2.27. The number of nitrogens with two attached hydrogens (primary N) is 1. The lowest BCUT2D eigenvalue weighted by Gasteiger charge is -2.09. The predicted octanol–water partition coefficient (Wildman–Crippen LogP) is 1.06. The molecule has 1 amide bonds. The molecule has 0 bridgehead atoms. The van der Waals surface area contributed by atoms with E-state index in [-0.39, 0.29) is 28.1 Å². The van der Waals surface area contributed by atoms with Crippen LogP contribution in [-0.2, 0) is 10.8 Å². The number of carbonyl (C=O) groups excluding carboxylic acids is 1. The van der Waals surface area contributed by atoms with E-state index in [2.05, 4.69) is 5.32 Å². The SMILES string of the molecule is CC(CCNC(=O)c1ccc([N+](=O)[O-])c(N)c1)S(C)=O. The maximum absolute atomic E-state index is 11.8. The summed E-state index contributed by atoms with van der Waals surface area (Å²) in [6, 6.07) is 3.83. The van der Waals surface area contributed by atoms with Crippen LogP contribution in [0.25, 0.3) is 0 Å². The monoisotopic (exact) mass is 299 g/mol. The van der Waals surface area contributed by atoms with Crippen molar-refractivity contribution in [3.63, 3.8) is 0 Å². The molecular weight excluding hydrogens is 282 g/mol. The summed E-state index contributed by atoms with van der Waals surface area (Å²) < 4.78 is 11.2. The predicted molar refractivity (Wildman–Crippen MR) is 78.0 cm³/mol. The Morgan fingerprint density at radius 3 is 2.70 bits per heavy atom. The molecule has 1 rings (SSSR count). The van der Waals surface area contributed by atoms with E-state index in [9.17, 15) is 19.1 Å². The van der Waals surface area contributed by atoms with Gasteiger partial charge in [0.25, 0.3) is 11.6 Å². The molecule has 0 heterocycles. The van der Waals surface area contributed by atoms with Crippen molar-refractivity contribution in [2.45, 2.75) is 18.6 Å². The second kappa shape index (κ2) is 6.99. The van der Waals surface area contributed by atoms with E-state index in [1.54, 1.807) is 6.26 Å². The van der Waals surface area contributed by atoms with Gasteiger partial charge in [-0.1, -0.05) is 6.92 Å². The van der Waals surface area contributed by atoms with Gasteiger partial charge in [-0.05, 0) is 18.6 Å². The summed E-state index contributed by atoms with van der Waals surface area (Å²) in [5, 5.41) is 13.3. The zero-order chi connectivity index (χ0) is 15.3. The van der Waals surface area contributed by atoms with Crippen molar-refractivity contribution >= 4 is 28.1 Å². The van der Waals surface area contributed by atoms with Gasteiger partial charge in [-0.3, -0.25) is 19.1 Å². The molecule has 1 aromatic carbocycles. The zero-order valence-electron chi connectivity index (χ0n) is 11.3. The lowest BCUT2D eigenvalue weighted by molar-refractivity contribution is -0.383. The van der Waals surface area contributed by atoms with Crippen LogP contribution in [-0.4, -0.2) is 33.1 Å². The highest BCUT2D eigenvalue weighted by Gasteiger charge is 2.14. The van der Waals surface area contributed by atoms with Crippen LogP contribution in [0.1, 0.15) is 23.7 Å². The van der Waals surface area contributed by atoms with Gasteiger partial charge in [0.2, 0.25) is 0 Å². The van der Waals surface area contributed by atoms with Gasteiger partial charge in [0.05, 0.1) is 4.92 Å². The summed E-state index contributed by atoms with van der Waals surface area (Å²) in [6.45, 7) is 2.22. The van der Waals surface area contributed by atoms with Gasteiger partial charge in [0.1, 0.15) is 5.69 Å². The molecule has 0 saturated heterocycles. The summed E-state index contributed by atoms with van der Waals surface area (Å²) in [5.74, 6) is -0.360. The molecule has 0 radical (unpaired) electrons. The largest absolute Gasteiger partial charge is 0.393 e. The van der Waals surface area contributed by atoms with Crippen LogP contribution in [0.3, 0.4) is 0 Å². The number of nitrogen functional groups attached to an aromatic ring is 1. The van der Waals surface area contributed by atoms with Crippen molar-refractivity contribution in [1.82, 2.24) is 5.32 Å². The molecule has 110 valence electrons. The van der Waals surface area contributed by atoms with E-state index in [0.717, 1.165) is 0 Å². The van der Waals surface area contributed by atoms with Crippen LogP contribution in [0.15, 0.2) is 18.2 Å². The molecule has 3 N–H and O–H groups in total. The highest BCUT2D eigenvalue weighted by molar-refractivity contribution is 7.84. The van der Waals surface area contributed by atoms with Crippen molar-refractivity contribution in [2.24, 2.45) is 0 Å². The molecule has 0 fully saturated rings. The smallest absolute Gasteiger partial charge is 0.292 e. The summed E-state index contributed by atoms with van der Waals surface area (Å²) in [6.07, 6.45) is 2.21. The minimum absolute atomic E-state index is 0.00256. The molecule has 2 atom stereocenters. The molecular formula is C12H17N3O4S. The number of benzene rings is 1. The lowest BCUT2D eigenvalue weighted by atomic mass is 10.1. The number of nitrogens with zero attached hydrogens (tertiary/aromatic N) is 1. The Bertz CT molecular complexity index is 548. The molecule has 0 aliphatic heterocycles. The number of carbonyl (C=O) groups is 1. The highest BCUT2D eigenvalue weighted by Crippen LogP contribution is 2.21. The van der Waals surface area contributed by atoms with Crippen LogP contribution in [0.5, 0.6) is 0 Å². The summed E-state index contributed by atoms with van der Waals surface area (Å²) in [7, 11) is -0.928. The van der Waals surface area contributed by atoms with Gasteiger partial charge in [-0.15, -0.1) is 0 Å². The first-order valence-corrected chi connectivity index (χ1v) is 7.59. The van der Waals surface area contributed by atoms with Gasteiger partial charge in [0, 0.05) is 40.5 Å². The van der Waals surface area contributed by atoms with Crippen molar-refractivity contribution in [3.05, 3.63) is 33.9 Å². The topological polar surface area (TPSA) is 115 Å². The summed E-state index contributed by atoms with van der Waals surface area (Å²) in [4.78, 5) is 21.8. The Morgan fingerprint density at radius 1 is 1.55 bits per heavy atom. The second-order valence-electron chi connectivity index (χ2n) is 4.38. The average molecular weight is 299 g/mol. The fourth-order valence-corrected chi connectivity index (χ4v) is 1.97. The first-order valence-electron chi connectivity index (χ1n) is 5.97. The number of rotatable bonds is 6. The fraction of sp³-hybridized carbons (Fsp3) is 0.417. The Kier molecular flexibility index (Phi) is 5.63. The molecule has 0 spiro atoms. The van der Waals surface area contributed by atoms with Crippen LogP contribution >= 0.6 is 0 Å². The van der Waals surface area contributed by atoms with Crippen LogP contribution in [0.4, 0.5) is 11.4 Å². The molecule has 20 heavy (non-hydrogen) atoms. The van der Waals surface area contributed by atoms with Gasteiger partial charge in [-0.2, -0.15) is 0 Å².